The molecular weight excluding hydrogens is 325 g/mol. The smallest absolute Gasteiger partial charge is 0.255 e. The summed E-state index contributed by atoms with van der Waals surface area (Å²) in [6.07, 6.45) is 0. The molecular formula is C16H13Cl2NO3. The van der Waals surface area contributed by atoms with Crippen LogP contribution in [0.25, 0.3) is 0 Å². The number of hydrogen-bond donors (Lipinski definition) is 1. The summed E-state index contributed by atoms with van der Waals surface area (Å²) in [7, 11) is 0. The Morgan fingerprint density at radius 1 is 1.18 bits per heavy atom. The zero-order chi connectivity index (χ0) is 15.7. The van der Waals surface area contributed by atoms with Crippen LogP contribution in [0.2, 0.25) is 10.0 Å². The molecule has 1 N–H and O–H groups in total. The molecule has 0 saturated heterocycles. The molecule has 1 atom stereocenters. The predicted octanol–water partition coefficient (Wildman–Crippen LogP) is 4.21. The molecule has 0 spiro atoms. The van der Waals surface area contributed by atoms with Crippen molar-refractivity contribution in [2.75, 3.05) is 6.79 Å². The second kappa shape index (κ2) is 6.07. The van der Waals surface area contributed by atoms with Gasteiger partial charge in [0.1, 0.15) is 0 Å². The molecule has 2 aromatic rings. The first-order valence-corrected chi connectivity index (χ1v) is 7.46. The van der Waals surface area contributed by atoms with Gasteiger partial charge in [-0.2, -0.15) is 0 Å². The zero-order valence-electron chi connectivity index (χ0n) is 11.7. The first kappa shape index (κ1) is 15.0. The average Bonchev–Trinajstić information content (AvgIpc) is 2.98. The average molecular weight is 338 g/mol. The van der Waals surface area contributed by atoms with Crippen molar-refractivity contribution in [1.82, 2.24) is 5.32 Å². The quantitative estimate of drug-likeness (QED) is 0.912. The maximum Gasteiger partial charge on any atom is 0.255 e. The van der Waals surface area contributed by atoms with Crippen molar-refractivity contribution >= 4 is 29.1 Å². The van der Waals surface area contributed by atoms with E-state index in [1.165, 1.54) is 0 Å². The highest BCUT2D eigenvalue weighted by Gasteiger charge is 2.22. The Morgan fingerprint density at radius 2 is 2.00 bits per heavy atom. The van der Waals surface area contributed by atoms with Gasteiger partial charge in [0.15, 0.2) is 11.5 Å². The highest BCUT2D eigenvalue weighted by Crippen LogP contribution is 2.35. The minimum atomic E-state index is -0.235. The number of benzene rings is 2. The van der Waals surface area contributed by atoms with Crippen LogP contribution in [-0.2, 0) is 0 Å². The summed E-state index contributed by atoms with van der Waals surface area (Å²) in [5, 5.41) is 3.85. The van der Waals surface area contributed by atoms with E-state index >= 15 is 0 Å². The lowest BCUT2D eigenvalue weighted by Crippen LogP contribution is -2.26. The molecule has 114 valence electrons. The minimum Gasteiger partial charge on any atom is -0.454 e. The van der Waals surface area contributed by atoms with Gasteiger partial charge in [-0.3, -0.25) is 4.79 Å². The number of nitrogens with one attached hydrogen (secondary N) is 1. The molecule has 0 radical (unpaired) electrons. The van der Waals surface area contributed by atoms with Gasteiger partial charge in [0, 0.05) is 0 Å². The first-order chi connectivity index (χ1) is 10.6. The van der Waals surface area contributed by atoms with Crippen LogP contribution < -0.4 is 14.8 Å². The summed E-state index contributed by atoms with van der Waals surface area (Å²) < 4.78 is 10.6. The SMILES string of the molecule is CC(NC(=O)c1cccc2c1OCO2)c1ccc(Cl)c(Cl)c1. The first-order valence-electron chi connectivity index (χ1n) is 6.70. The Morgan fingerprint density at radius 3 is 2.77 bits per heavy atom. The fraction of sp³-hybridized carbons (Fsp3) is 0.188. The van der Waals surface area contributed by atoms with E-state index in [-0.39, 0.29) is 18.7 Å². The number of hydrogen-bond acceptors (Lipinski definition) is 3. The lowest BCUT2D eigenvalue weighted by atomic mass is 10.1. The Bertz CT molecular complexity index is 733. The monoisotopic (exact) mass is 337 g/mol. The Balaban J connectivity index is 1.79. The van der Waals surface area contributed by atoms with Crippen molar-refractivity contribution in [2.45, 2.75) is 13.0 Å². The maximum absolute atomic E-state index is 12.4. The molecule has 0 bridgehead atoms. The number of ether oxygens (including phenoxy) is 2. The van der Waals surface area contributed by atoms with E-state index in [0.29, 0.717) is 27.1 Å². The summed E-state index contributed by atoms with van der Waals surface area (Å²) in [4.78, 5) is 12.4. The highest BCUT2D eigenvalue weighted by molar-refractivity contribution is 6.42. The number of halogens is 2. The largest absolute Gasteiger partial charge is 0.454 e. The molecule has 6 heteroatoms. The molecule has 1 aliphatic heterocycles. The van der Waals surface area contributed by atoms with E-state index in [1.54, 1.807) is 30.3 Å². The normalized spacial score (nSPS) is 13.8. The molecule has 1 heterocycles. The standard InChI is InChI=1S/C16H13Cl2NO3/c1-9(10-5-6-12(17)13(18)7-10)19-16(20)11-3-2-4-14-15(11)22-8-21-14/h2-7,9H,8H2,1H3,(H,19,20). The zero-order valence-corrected chi connectivity index (χ0v) is 13.2. The van der Waals surface area contributed by atoms with Gasteiger partial charge in [-0.25, -0.2) is 0 Å². The summed E-state index contributed by atoms with van der Waals surface area (Å²) in [5.41, 5.74) is 1.31. The summed E-state index contributed by atoms with van der Waals surface area (Å²) >= 11 is 11.9. The predicted molar refractivity (Wildman–Crippen MR) is 84.9 cm³/mol. The molecule has 1 aliphatic rings. The second-order valence-electron chi connectivity index (χ2n) is 4.91. The fourth-order valence-corrected chi connectivity index (χ4v) is 2.56. The molecule has 2 aromatic carbocycles. The third-order valence-corrected chi connectivity index (χ3v) is 4.17. The van der Waals surface area contributed by atoms with E-state index in [0.717, 1.165) is 5.56 Å². The van der Waals surface area contributed by atoms with Crippen molar-refractivity contribution in [3.63, 3.8) is 0 Å². The van der Waals surface area contributed by atoms with Crippen molar-refractivity contribution in [1.29, 1.82) is 0 Å². The lowest BCUT2D eigenvalue weighted by molar-refractivity contribution is 0.0935. The van der Waals surface area contributed by atoms with Crippen molar-refractivity contribution in [2.24, 2.45) is 0 Å². The van der Waals surface area contributed by atoms with Gasteiger partial charge in [0.2, 0.25) is 6.79 Å². The van der Waals surface area contributed by atoms with Gasteiger partial charge >= 0.3 is 0 Å². The second-order valence-corrected chi connectivity index (χ2v) is 5.72. The molecule has 4 nitrogen and oxygen atoms in total. The van der Waals surface area contributed by atoms with Crippen LogP contribution in [0.5, 0.6) is 11.5 Å². The van der Waals surface area contributed by atoms with Gasteiger partial charge < -0.3 is 14.8 Å². The van der Waals surface area contributed by atoms with E-state index in [1.807, 2.05) is 13.0 Å². The van der Waals surface area contributed by atoms with E-state index in [9.17, 15) is 4.79 Å². The van der Waals surface area contributed by atoms with Gasteiger partial charge in [-0.15, -0.1) is 0 Å². The molecule has 0 aromatic heterocycles. The van der Waals surface area contributed by atoms with Crippen LogP contribution in [0.1, 0.15) is 28.9 Å². The van der Waals surface area contributed by atoms with Gasteiger partial charge in [-0.1, -0.05) is 35.3 Å². The van der Waals surface area contributed by atoms with Crippen molar-refractivity contribution in [3.8, 4) is 11.5 Å². The molecule has 1 amide bonds. The van der Waals surface area contributed by atoms with Crippen LogP contribution in [0.4, 0.5) is 0 Å². The molecule has 0 aliphatic carbocycles. The third-order valence-electron chi connectivity index (χ3n) is 3.43. The fourth-order valence-electron chi connectivity index (χ4n) is 2.25. The number of rotatable bonds is 3. The lowest BCUT2D eigenvalue weighted by Gasteiger charge is -2.15. The van der Waals surface area contributed by atoms with Crippen LogP contribution in [0, 0.1) is 0 Å². The summed E-state index contributed by atoms with van der Waals surface area (Å²) in [6, 6.07) is 10.3. The topological polar surface area (TPSA) is 47.6 Å². The number of carbonyl (C=O) groups is 1. The highest BCUT2D eigenvalue weighted by atomic mass is 35.5. The maximum atomic E-state index is 12.4. The van der Waals surface area contributed by atoms with Crippen LogP contribution in [-0.4, -0.2) is 12.7 Å². The molecule has 0 fully saturated rings. The molecule has 3 rings (SSSR count). The van der Waals surface area contributed by atoms with Crippen molar-refractivity contribution in [3.05, 3.63) is 57.6 Å². The molecule has 0 saturated carbocycles. The Kier molecular flexibility index (Phi) is 4.14. The number of para-hydroxylation sites is 1. The minimum absolute atomic E-state index is 0.127. The number of amides is 1. The van der Waals surface area contributed by atoms with E-state index in [4.69, 9.17) is 32.7 Å². The van der Waals surface area contributed by atoms with Crippen LogP contribution >= 0.6 is 23.2 Å². The molecule has 1 unspecified atom stereocenters. The number of fused-ring (bicyclic) bond motifs is 1. The van der Waals surface area contributed by atoms with Crippen LogP contribution in [0.15, 0.2) is 36.4 Å². The summed E-state index contributed by atoms with van der Waals surface area (Å²) in [5.74, 6) is 0.817. The number of carbonyl (C=O) groups excluding carboxylic acids is 1. The Labute approximate surface area is 137 Å². The van der Waals surface area contributed by atoms with Gasteiger partial charge in [0.25, 0.3) is 5.91 Å². The Hall–Kier alpha value is -1.91. The van der Waals surface area contributed by atoms with Gasteiger partial charge in [-0.05, 0) is 36.8 Å². The van der Waals surface area contributed by atoms with E-state index < -0.39 is 0 Å². The summed E-state index contributed by atoms with van der Waals surface area (Å²) in [6.45, 7) is 2.00. The van der Waals surface area contributed by atoms with Gasteiger partial charge in [0.05, 0.1) is 21.7 Å². The molecule has 22 heavy (non-hydrogen) atoms. The third kappa shape index (κ3) is 2.85. The van der Waals surface area contributed by atoms with Crippen molar-refractivity contribution < 1.29 is 14.3 Å². The van der Waals surface area contributed by atoms with E-state index in [2.05, 4.69) is 5.32 Å². The van der Waals surface area contributed by atoms with Crippen LogP contribution in [0.3, 0.4) is 0 Å².